The average Bonchev–Trinajstić information content (AvgIpc) is 3.52. The largest absolute Gasteiger partial charge is 0.484 e. The van der Waals surface area contributed by atoms with E-state index in [1.165, 1.54) is 6.26 Å². The second-order valence-corrected chi connectivity index (χ2v) is 11.6. The van der Waals surface area contributed by atoms with Crippen molar-refractivity contribution >= 4 is 35.0 Å². The molecule has 3 aromatic rings. The summed E-state index contributed by atoms with van der Waals surface area (Å²) in [5.74, 6) is 1.63. The molecule has 0 radical (unpaired) electrons. The molecule has 1 aromatic heterocycles. The Morgan fingerprint density at radius 3 is 2.42 bits per heavy atom. The van der Waals surface area contributed by atoms with Crippen molar-refractivity contribution in [2.24, 2.45) is 11.8 Å². The molecule has 3 heterocycles. The maximum atomic E-state index is 12.9. The summed E-state index contributed by atoms with van der Waals surface area (Å²) in [6.07, 6.45) is 2.38. The fraction of sp³-hybridized carbons (Fsp3) is 0.419. The predicted molar refractivity (Wildman–Crippen MR) is 154 cm³/mol. The van der Waals surface area contributed by atoms with Gasteiger partial charge in [-0.3, -0.25) is 9.59 Å². The molecule has 212 valence electrons. The topological polar surface area (TPSA) is 72.2 Å². The predicted octanol–water partition coefficient (Wildman–Crippen LogP) is 6.47. The van der Waals surface area contributed by atoms with E-state index in [0.717, 1.165) is 17.5 Å². The van der Waals surface area contributed by atoms with Crippen LogP contribution in [0.2, 0.25) is 10.0 Å². The van der Waals surface area contributed by atoms with Gasteiger partial charge in [-0.25, -0.2) is 0 Å². The molecule has 5 rings (SSSR count). The lowest BCUT2D eigenvalue weighted by molar-refractivity contribution is -0.134. The number of benzene rings is 2. The molecular weight excluding hydrogens is 551 g/mol. The van der Waals surface area contributed by atoms with Gasteiger partial charge in [-0.2, -0.15) is 0 Å². The number of carbonyl (C=O) groups excluding carboxylic acids is 2. The van der Waals surface area contributed by atoms with E-state index in [1.807, 2.05) is 36.4 Å². The highest BCUT2D eigenvalue weighted by Gasteiger charge is 2.35. The molecule has 0 unspecified atom stereocenters. The van der Waals surface area contributed by atoms with Gasteiger partial charge in [-0.05, 0) is 65.8 Å². The highest BCUT2D eigenvalue weighted by Crippen LogP contribution is 2.44. The normalized spacial score (nSPS) is 21.5. The molecule has 3 atom stereocenters. The van der Waals surface area contributed by atoms with Crippen LogP contribution in [0.15, 0.2) is 65.3 Å². The van der Waals surface area contributed by atoms with Gasteiger partial charge < -0.3 is 23.7 Å². The van der Waals surface area contributed by atoms with Crippen LogP contribution in [0.1, 0.15) is 54.0 Å². The Balaban J connectivity index is 1.17. The van der Waals surface area contributed by atoms with Gasteiger partial charge in [0, 0.05) is 32.1 Å². The summed E-state index contributed by atoms with van der Waals surface area (Å²) < 4.78 is 17.6. The summed E-state index contributed by atoms with van der Waals surface area (Å²) >= 11 is 12.4. The Labute approximate surface area is 244 Å². The van der Waals surface area contributed by atoms with Crippen molar-refractivity contribution in [1.29, 1.82) is 0 Å². The van der Waals surface area contributed by atoms with Crippen LogP contribution >= 0.6 is 23.2 Å². The van der Waals surface area contributed by atoms with Crippen LogP contribution in [-0.4, -0.2) is 61.0 Å². The van der Waals surface area contributed by atoms with Crippen LogP contribution in [0.3, 0.4) is 0 Å². The van der Waals surface area contributed by atoms with Gasteiger partial charge in [-0.1, -0.05) is 55.2 Å². The monoisotopic (exact) mass is 584 g/mol. The third-order valence-electron chi connectivity index (χ3n) is 7.89. The molecule has 0 saturated carbocycles. The van der Waals surface area contributed by atoms with E-state index in [1.54, 1.807) is 21.9 Å². The Kier molecular flexibility index (Phi) is 9.03. The minimum atomic E-state index is -0.155. The first-order valence-corrected chi connectivity index (χ1v) is 14.5. The van der Waals surface area contributed by atoms with Gasteiger partial charge in [-0.15, -0.1) is 0 Å². The average molecular weight is 586 g/mol. The van der Waals surface area contributed by atoms with Crippen LogP contribution in [0, 0.1) is 11.8 Å². The summed E-state index contributed by atoms with van der Waals surface area (Å²) in [4.78, 5) is 28.8. The lowest BCUT2D eigenvalue weighted by Crippen LogP contribution is -2.51. The van der Waals surface area contributed by atoms with Crippen molar-refractivity contribution in [2.45, 2.75) is 32.3 Å². The molecule has 2 amide bonds. The standard InChI is InChI=1S/C31H34Cl2N2O5/c1-20(2)25-16-23(21-8-9-26(32)27(33)17-21)18-40-30(25)22-5-3-6-24(15-22)39-19-29(36)34-10-12-35(13-11-34)31(37)28-7-4-14-38-28/h3-9,14-15,17,20,23,25,30H,10-13,16,18-19H2,1-2H3/t23-,25-,30-/m0/s1. The van der Waals surface area contributed by atoms with E-state index in [0.29, 0.717) is 66.2 Å². The molecule has 2 aromatic carbocycles. The first-order valence-electron chi connectivity index (χ1n) is 13.7. The van der Waals surface area contributed by atoms with Crippen LogP contribution in [0.4, 0.5) is 0 Å². The fourth-order valence-electron chi connectivity index (χ4n) is 5.56. The molecule has 0 bridgehead atoms. The molecule has 7 nitrogen and oxygen atoms in total. The van der Waals surface area contributed by atoms with Crippen molar-refractivity contribution in [3.05, 3.63) is 87.8 Å². The Hall–Kier alpha value is -3.00. The molecule has 0 spiro atoms. The van der Waals surface area contributed by atoms with Crippen molar-refractivity contribution in [3.8, 4) is 5.75 Å². The zero-order chi connectivity index (χ0) is 28.2. The van der Waals surface area contributed by atoms with E-state index in [4.69, 9.17) is 37.1 Å². The summed E-state index contributed by atoms with van der Waals surface area (Å²) in [7, 11) is 0. The zero-order valence-corrected chi connectivity index (χ0v) is 24.2. The van der Waals surface area contributed by atoms with Crippen LogP contribution in [0.5, 0.6) is 5.75 Å². The number of piperazine rings is 1. The van der Waals surface area contributed by atoms with Crippen molar-refractivity contribution in [3.63, 3.8) is 0 Å². The van der Waals surface area contributed by atoms with Gasteiger partial charge in [0.05, 0.1) is 29.0 Å². The lowest BCUT2D eigenvalue weighted by Gasteiger charge is -2.39. The van der Waals surface area contributed by atoms with E-state index in [9.17, 15) is 9.59 Å². The smallest absolute Gasteiger partial charge is 0.289 e. The molecule has 2 aliphatic heterocycles. The number of hydrogen-bond donors (Lipinski definition) is 0. The Morgan fingerprint density at radius 1 is 0.950 bits per heavy atom. The Morgan fingerprint density at radius 2 is 1.73 bits per heavy atom. The summed E-state index contributed by atoms with van der Waals surface area (Å²) in [6.45, 7) is 6.80. The van der Waals surface area contributed by atoms with E-state index in [-0.39, 0.29) is 30.4 Å². The molecule has 2 saturated heterocycles. The van der Waals surface area contributed by atoms with Crippen molar-refractivity contribution in [1.82, 2.24) is 9.80 Å². The van der Waals surface area contributed by atoms with E-state index in [2.05, 4.69) is 19.9 Å². The van der Waals surface area contributed by atoms with Gasteiger partial charge in [0.1, 0.15) is 5.75 Å². The molecule has 2 aliphatic rings. The van der Waals surface area contributed by atoms with E-state index < -0.39 is 0 Å². The number of carbonyl (C=O) groups is 2. The number of ether oxygens (including phenoxy) is 2. The van der Waals surface area contributed by atoms with Crippen LogP contribution in [0.25, 0.3) is 0 Å². The lowest BCUT2D eigenvalue weighted by atomic mass is 9.76. The van der Waals surface area contributed by atoms with Gasteiger partial charge in [0.25, 0.3) is 11.8 Å². The first-order chi connectivity index (χ1) is 19.3. The van der Waals surface area contributed by atoms with E-state index >= 15 is 0 Å². The van der Waals surface area contributed by atoms with Gasteiger partial charge in [0.2, 0.25) is 0 Å². The minimum absolute atomic E-state index is 0.0614. The van der Waals surface area contributed by atoms with Gasteiger partial charge >= 0.3 is 0 Å². The SMILES string of the molecule is CC(C)[C@@H]1C[C@H](c2ccc(Cl)c(Cl)c2)CO[C@H]1c1cccc(OCC(=O)N2CCN(C(=O)c3ccco3)CC2)c1. The molecule has 0 N–H and O–H groups in total. The molecule has 9 heteroatoms. The quantitative estimate of drug-likeness (QED) is 0.318. The fourth-order valence-corrected chi connectivity index (χ4v) is 5.87. The number of amides is 2. The van der Waals surface area contributed by atoms with Crippen LogP contribution < -0.4 is 4.74 Å². The zero-order valence-electron chi connectivity index (χ0n) is 22.7. The number of furan rings is 1. The third kappa shape index (κ3) is 6.48. The number of hydrogen-bond acceptors (Lipinski definition) is 5. The highest BCUT2D eigenvalue weighted by atomic mass is 35.5. The number of halogens is 2. The summed E-state index contributed by atoms with van der Waals surface area (Å²) in [5.41, 5.74) is 2.18. The van der Waals surface area contributed by atoms with Crippen LogP contribution in [-0.2, 0) is 9.53 Å². The number of rotatable bonds is 7. The third-order valence-corrected chi connectivity index (χ3v) is 8.63. The summed E-state index contributed by atoms with van der Waals surface area (Å²) in [6, 6.07) is 17.0. The summed E-state index contributed by atoms with van der Waals surface area (Å²) in [5, 5.41) is 1.11. The molecule has 0 aliphatic carbocycles. The van der Waals surface area contributed by atoms with Crippen molar-refractivity contribution < 1.29 is 23.5 Å². The maximum absolute atomic E-state index is 12.9. The minimum Gasteiger partial charge on any atom is -0.484 e. The molecular formula is C31H34Cl2N2O5. The first kappa shape index (κ1) is 28.5. The van der Waals surface area contributed by atoms with Crippen molar-refractivity contribution in [2.75, 3.05) is 39.4 Å². The molecule has 2 fully saturated rings. The second kappa shape index (κ2) is 12.7. The Bertz CT molecular complexity index is 1320. The number of nitrogens with zero attached hydrogens (tertiary/aromatic N) is 2. The maximum Gasteiger partial charge on any atom is 0.289 e. The molecule has 40 heavy (non-hydrogen) atoms. The van der Waals surface area contributed by atoms with Gasteiger partial charge in [0.15, 0.2) is 12.4 Å². The second-order valence-electron chi connectivity index (χ2n) is 10.8. The highest BCUT2D eigenvalue weighted by molar-refractivity contribution is 6.42.